The topological polar surface area (TPSA) is 43.4 Å². The van der Waals surface area contributed by atoms with Crippen LogP contribution < -0.4 is 0 Å². The molecule has 1 saturated carbocycles. The molecule has 1 fully saturated rings. The monoisotopic (exact) mass is 184 g/mol. The van der Waals surface area contributed by atoms with Crippen LogP contribution in [0.3, 0.4) is 0 Å². The Labute approximate surface area is 78.5 Å². The van der Waals surface area contributed by atoms with Gasteiger partial charge in [-0.2, -0.15) is 0 Å². The van der Waals surface area contributed by atoms with E-state index in [1.165, 1.54) is 7.11 Å². The lowest BCUT2D eigenvalue weighted by Gasteiger charge is -2.19. The average molecular weight is 184 g/mol. The first kappa shape index (κ1) is 10.2. The average Bonchev–Trinajstić information content (AvgIpc) is 2.45. The number of esters is 1. The second-order valence-electron chi connectivity index (χ2n) is 3.90. The van der Waals surface area contributed by atoms with E-state index in [4.69, 9.17) is 0 Å². The number of Topliss-reactive ketones (excluding diaryl/α,β-unsaturated/α-hetero) is 1. The van der Waals surface area contributed by atoms with E-state index in [9.17, 15) is 9.59 Å². The summed E-state index contributed by atoms with van der Waals surface area (Å²) in [6.45, 7) is 3.95. The summed E-state index contributed by atoms with van der Waals surface area (Å²) in [6, 6.07) is 0. The van der Waals surface area contributed by atoms with Gasteiger partial charge in [0.05, 0.1) is 13.0 Å². The number of hydrogen-bond acceptors (Lipinski definition) is 3. The van der Waals surface area contributed by atoms with Crippen molar-refractivity contribution in [3.05, 3.63) is 0 Å². The number of methoxy groups -OCH3 is 1. The van der Waals surface area contributed by atoms with Crippen molar-refractivity contribution in [1.29, 1.82) is 0 Å². The van der Waals surface area contributed by atoms with Crippen LogP contribution in [0, 0.1) is 17.8 Å². The first-order chi connectivity index (χ1) is 6.07. The third-order valence-electron chi connectivity index (χ3n) is 2.73. The summed E-state index contributed by atoms with van der Waals surface area (Å²) in [6.07, 6.45) is 1.19. The van der Waals surface area contributed by atoms with E-state index in [1.54, 1.807) is 0 Å². The Morgan fingerprint density at radius 2 is 2.15 bits per heavy atom. The number of ketones is 1. The molecule has 0 spiro atoms. The van der Waals surface area contributed by atoms with Gasteiger partial charge in [-0.3, -0.25) is 9.59 Å². The fraction of sp³-hybridized carbons (Fsp3) is 0.800. The summed E-state index contributed by atoms with van der Waals surface area (Å²) < 4.78 is 4.67. The minimum absolute atomic E-state index is 0.118. The Balaban J connectivity index is 2.75. The molecular weight excluding hydrogens is 168 g/mol. The maximum absolute atomic E-state index is 11.4. The zero-order valence-electron chi connectivity index (χ0n) is 8.37. The molecule has 1 aliphatic carbocycles. The molecule has 0 radical (unpaired) electrons. The Hall–Kier alpha value is -0.860. The summed E-state index contributed by atoms with van der Waals surface area (Å²) in [7, 11) is 1.38. The first-order valence-electron chi connectivity index (χ1n) is 4.68. The van der Waals surface area contributed by atoms with Gasteiger partial charge in [0.15, 0.2) is 0 Å². The Kier molecular flexibility index (Phi) is 3.07. The molecule has 3 nitrogen and oxygen atoms in total. The highest BCUT2D eigenvalue weighted by Gasteiger charge is 2.41. The van der Waals surface area contributed by atoms with Gasteiger partial charge in [0, 0.05) is 12.3 Å². The van der Waals surface area contributed by atoms with Crippen LogP contribution in [0.1, 0.15) is 26.7 Å². The lowest BCUT2D eigenvalue weighted by atomic mass is 9.85. The fourth-order valence-corrected chi connectivity index (χ4v) is 2.12. The van der Waals surface area contributed by atoms with Crippen LogP contribution in [0.2, 0.25) is 0 Å². The van der Waals surface area contributed by atoms with Crippen LogP contribution in [0.15, 0.2) is 0 Å². The Morgan fingerprint density at radius 3 is 2.62 bits per heavy atom. The molecule has 1 aliphatic rings. The fourth-order valence-electron chi connectivity index (χ4n) is 2.12. The van der Waals surface area contributed by atoms with E-state index in [1.807, 2.05) is 13.8 Å². The lowest BCUT2D eigenvalue weighted by Crippen LogP contribution is -2.27. The Bertz CT molecular complexity index is 220. The zero-order chi connectivity index (χ0) is 10.0. The summed E-state index contributed by atoms with van der Waals surface area (Å²) >= 11 is 0. The number of ether oxygens (including phenoxy) is 1. The summed E-state index contributed by atoms with van der Waals surface area (Å²) in [5.41, 5.74) is 0. The summed E-state index contributed by atoms with van der Waals surface area (Å²) in [5, 5.41) is 0. The third kappa shape index (κ3) is 1.90. The van der Waals surface area contributed by atoms with Gasteiger partial charge in [-0.05, 0) is 12.3 Å². The molecule has 0 bridgehead atoms. The maximum atomic E-state index is 11.4. The minimum Gasteiger partial charge on any atom is -0.469 e. The van der Waals surface area contributed by atoms with Crippen molar-refractivity contribution >= 4 is 11.8 Å². The minimum atomic E-state index is -0.232. The van der Waals surface area contributed by atoms with E-state index < -0.39 is 0 Å². The van der Waals surface area contributed by atoms with Crippen molar-refractivity contribution in [2.45, 2.75) is 26.7 Å². The highest BCUT2D eigenvalue weighted by atomic mass is 16.5. The quantitative estimate of drug-likeness (QED) is 0.609. The summed E-state index contributed by atoms with van der Waals surface area (Å²) in [5.74, 6) is -0.0981. The molecule has 2 unspecified atom stereocenters. The molecule has 0 aromatic carbocycles. The molecule has 0 aliphatic heterocycles. The van der Waals surface area contributed by atoms with Crippen molar-refractivity contribution in [2.75, 3.05) is 7.11 Å². The maximum Gasteiger partial charge on any atom is 0.309 e. The number of hydrogen-bond donors (Lipinski definition) is 0. The molecule has 13 heavy (non-hydrogen) atoms. The van der Waals surface area contributed by atoms with Crippen LogP contribution >= 0.6 is 0 Å². The standard InChI is InChI=1S/C10H16O3/c1-6(2)9-7(10(12)13-3)4-5-8(9)11/h6-7,9H,4-5H2,1-3H3. The molecule has 0 aromatic heterocycles. The van der Waals surface area contributed by atoms with Gasteiger partial charge >= 0.3 is 5.97 Å². The molecule has 2 atom stereocenters. The second kappa shape index (κ2) is 3.90. The van der Waals surface area contributed by atoms with Crippen LogP contribution in [0.25, 0.3) is 0 Å². The van der Waals surface area contributed by atoms with Crippen LogP contribution in [-0.2, 0) is 14.3 Å². The highest BCUT2D eigenvalue weighted by Crippen LogP contribution is 2.34. The number of rotatable bonds is 2. The van der Waals surface area contributed by atoms with Gasteiger partial charge in [0.1, 0.15) is 5.78 Å². The Morgan fingerprint density at radius 1 is 1.54 bits per heavy atom. The van der Waals surface area contributed by atoms with Gasteiger partial charge in [-0.25, -0.2) is 0 Å². The molecule has 3 heteroatoms. The van der Waals surface area contributed by atoms with E-state index in [0.29, 0.717) is 12.8 Å². The van der Waals surface area contributed by atoms with E-state index in [-0.39, 0.29) is 29.5 Å². The normalized spacial score (nSPS) is 28.2. The number of carbonyl (C=O) groups is 2. The van der Waals surface area contributed by atoms with Gasteiger partial charge in [-0.1, -0.05) is 13.8 Å². The zero-order valence-corrected chi connectivity index (χ0v) is 8.37. The SMILES string of the molecule is COC(=O)C1CCC(=O)C1C(C)C. The third-order valence-corrected chi connectivity index (χ3v) is 2.73. The molecule has 74 valence electrons. The van der Waals surface area contributed by atoms with E-state index >= 15 is 0 Å². The van der Waals surface area contributed by atoms with E-state index in [0.717, 1.165) is 0 Å². The highest BCUT2D eigenvalue weighted by molar-refractivity contribution is 5.90. The van der Waals surface area contributed by atoms with Gasteiger partial charge < -0.3 is 4.74 Å². The van der Waals surface area contributed by atoms with Crippen molar-refractivity contribution < 1.29 is 14.3 Å². The van der Waals surface area contributed by atoms with Crippen molar-refractivity contribution in [2.24, 2.45) is 17.8 Å². The molecule has 0 aromatic rings. The summed E-state index contributed by atoms with van der Waals surface area (Å²) in [4.78, 5) is 22.7. The molecule has 0 amide bonds. The van der Waals surface area contributed by atoms with Gasteiger partial charge in [0.2, 0.25) is 0 Å². The molecule has 0 N–H and O–H groups in total. The van der Waals surface area contributed by atoms with E-state index in [2.05, 4.69) is 4.74 Å². The first-order valence-corrected chi connectivity index (χ1v) is 4.68. The number of carbonyl (C=O) groups excluding carboxylic acids is 2. The van der Waals surface area contributed by atoms with Crippen molar-refractivity contribution in [3.8, 4) is 0 Å². The van der Waals surface area contributed by atoms with Crippen LogP contribution in [-0.4, -0.2) is 18.9 Å². The lowest BCUT2D eigenvalue weighted by molar-refractivity contribution is -0.148. The molecule has 0 saturated heterocycles. The van der Waals surface area contributed by atoms with Crippen LogP contribution in [0.4, 0.5) is 0 Å². The predicted octanol–water partition coefficient (Wildman–Crippen LogP) is 1.41. The van der Waals surface area contributed by atoms with Gasteiger partial charge in [0.25, 0.3) is 0 Å². The van der Waals surface area contributed by atoms with Gasteiger partial charge in [-0.15, -0.1) is 0 Å². The smallest absolute Gasteiger partial charge is 0.309 e. The second-order valence-corrected chi connectivity index (χ2v) is 3.90. The molecular formula is C10H16O3. The van der Waals surface area contributed by atoms with Crippen LogP contribution in [0.5, 0.6) is 0 Å². The predicted molar refractivity (Wildman–Crippen MR) is 48.1 cm³/mol. The van der Waals surface area contributed by atoms with Crippen molar-refractivity contribution in [3.63, 3.8) is 0 Å². The molecule has 1 rings (SSSR count). The molecule has 0 heterocycles. The van der Waals surface area contributed by atoms with Crippen molar-refractivity contribution in [1.82, 2.24) is 0 Å². The largest absolute Gasteiger partial charge is 0.469 e.